The van der Waals surface area contributed by atoms with Crippen molar-refractivity contribution in [2.75, 3.05) is 19.8 Å². The lowest BCUT2D eigenvalue weighted by molar-refractivity contribution is -0.161. The first kappa shape index (κ1) is 49.9. The van der Waals surface area contributed by atoms with Gasteiger partial charge in [-0.3, -0.25) is 23.4 Å². The predicted molar refractivity (Wildman–Crippen MR) is 212 cm³/mol. The van der Waals surface area contributed by atoms with Gasteiger partial charge in [-0.15, -0.1) is 0 Å². The van der Waals surface area contributed by atoms with E-state index in [1.54, 1.807) is 0 Å². The van der Waals surface area contributed by atoms with Gasteiger partial charge >= 0.3 is 25.7 Å². The van der Waals surface area contributed by atoms with Crippen LogP contribution < -0.4 is 5.73 Å². The van der Waals surface area contributed by atoms with Crippen molar-refractivity contribution >= 4 is 25.7 Å². The number of ether oxygens (including phenoxy) is 2. The van der Waals surface area contributed by atoms with Crippen molar-refractivity contribution in [3.63, 3.8) is 0 Å². The lowest BCUT2D eigenvalue weighted by Crippen LogP contribution is -2.34. The fraction of sp³-hybridized carbons (Fsp3) is 0.634. The summed E-state index contributed by atoms with van der Waals surface area (Å²) in [6, 6.07) is -1.53. The Kier molecular flexibility index (Phi) is 33.8. The molecule has 0 aromatic carbocycles. The van der Waals surface area contributed by atoms with Gasteiger partial charge in [0.25, 0.3) is 0 Å². The number of esters is 2. The molecule has 0 bridgehead atoms. The van der Waals surface area contributed by atoms with Crippen LogP contribution in [-0.2, 0) is 37.5 Å². The molecule has 11 nitrogen and oxygen atoms in total. The number of carbonyl (C=O) groups is 3. The first-order valence-electron chi connectivity index (χ1n) is 19.5. The van der Waals surface area contributed by atoms with E-state index in [9.17, 15) is 23.8 Å². The van der Waals surface area contributed by atoms with E-state index in [2.05, 4.69) is 91.3 Å². The Balaban J connectivity index is 4.55. The van der Waals surface area contributed by atoms with E-state index >= 15 is 0 Å². The molecule has 12 heteroatoms. The molecule has 0 saturated carbocycles. The summed E-state index contributed by atoms with van der Waals surface area (Å²) in [5.74, 6) is -2.46. The summed E-state index contributed by atoms with van der Waals surface area (Å²) in [5.41, 5.74) is 5.31. The Bertz CT molecular complexity index is 1180. The zero-order chi connectivity index (χ0) is 39.3. The topological polar surface area (TPSA) is 172 Å². The average molecular weight is 766 g/mol. The molecule has 0 heterocycles. The van der Waals surface area contributed by atoms with Gasteiger partial charge in [-0.2, -0.15) is 0 Å². The van der Waals surface area contributed by atoms with E-state index in [-0.39, 0.29) is 19.4 Å². The number of hydrogen-bond acceptors (Lipinski definition) is 9. The second-order valence-corrected chi connectivity index (χ2v) is 14.1. The third-order valence-corrected chi connectivity index (χ3v) is 8.64. The number of aliphatic carboxylic acids is 1. The minimum absolute atomic E-state index is 0.102. The molecular weight excluding hydrogens is 697 g/mol. The van der Waals surface area contributed by atoms with Crippen LogP contribution in [0, 0.1) is 0 Å². The van der Waals surface area contributed by atoms with Crippen molar-refractivity contribution in [3.05, 3.63) is 72.9 Å². The van der Waals surface area contributed by atoms with Crippen molar-refractivity contribution in [3.8, 4) is 0 Å². The summed E-state index contributed by atoms with van der Waals surface area (Å²) < 4.78 is 32.5. The summed E-state index contributed by atoms with van der Waals surface area (Å²) >= 11 is 0. The van der Waals surface area contributed by atoms with Gasteiger partial charge in [-0.25, -0.2) is 4.57 Å². The summed E-state index contributed by atoms with van der Waals surface area (Å²) in [6.07, 6.45) is 41.2. The van der Waals surface area contributed by atoms with Gasteiger partial charge in [0.1, 0.15) is 12.6 Å². The van der Waals surface area contributed by atoms with Crippen molar-refractivity contribution in [1.82, 2.24) is 0 Å². The third kappa shape index (κ3) is 35.7. The Morgan fingerprint density at radius 3 is 1.62 bits per heavy atom. The molecule has 0 aliphatic rings. The molecule has 0 saturated heterocycles. The molecule has 0 spiro atoms. The van der Waals surface area contributed by atoms with E-state index in [0.29, 0.717) is 12.8 Å². The highest BCUT2D eigenvalue weighted by Gasteiger charge is 2.28. The Morgan fingerprint density at radius 1 is 0.604 bits per heavy atom. The highest BCUT2D eigenvalue weighted by atomic mass is 31.2. The number of carbonyl (C=O) groups excluding carboxylic acids is 2. The Hall–Kier alpha value is -3.08. The fourth-order valence-electron chi connectivity index (χ4n) is 4.60. The Labute approximate surface area is 319 Å². The van der Waals surface area contributed by atoms with Crippen molar-refractivity contribution in [1.29, 1.82) is 0 Å². The van der Waals surface area contributed by atoms with Crippen LogP contribution in [0.15, 0.2) is 72.9 Å². The molecule has 1 unspecified atom stereocenters. The molecular formula is C41H68NO10P. The molecule has 53 heavy (non-hydrogen) atoms. The summed E-state index contributed by atoms with van der Waals surface area (Å²) in [5, 5.41) is 8.86. The molecule has 0 radical (unpaired) electrons. The minimum atomic E-state index is -4.73. The highest BCUT2D eigenvalue weighted by molar-refractivity contribution is 7.47. The van der Waals surface area contributed by atoms with E-state index < -0.39 is 51.1 Å². The van der Waals surface area contributed by atoms with Crippen LogP contribution in [0.4, 0.5) is 0 Å². The summed E-state index contributed by atoms with van der Waals surface area (Å²) in [6.45, 7) is 2.56. The summed E-state index contributed by atoms with van der Waals surface area (Å²) in [7, 11) is -4.73. The number of allylic oxidation sites excluding steroid dienone is 12. The number of carboxylic acids is 1. The molecule has 0 aliphatic carbocycles. The number of unbranched alkanes of at least 4 members (excludes halogenated alkanes) is 9. The predicted octanol–water partition coefficient (Wildman–Crippen LogP) is 9.78. The van der Waals surface area contributed by atoms with Gasteiger partial charge in [0.05, 0.1) is 13.2 Å². The number of carboxylic acid groups (broad SMARTS) is 1. The standard InChI is InChI=1S/C41H68NO10P/c1-3-5-7-9-11-13-15-17-19-21-23-25-27-29-31-33-40(44)52-37(35-50-53(47,48)51-36-38(42)41(45)46)34-49-39(43)32-30-28-26-24-22-20-18-16-14-12-10-8-6-4-2/h5,7,10-13,16-19,23,25,37-38H,3-4,6,8-9,14-15,20-22,24,26-36,42H2,1-2H3,(H,45,46)(H,47,48)/b7-5+,12-10+,13-11+,18-16+,19-17+,25-23+/t37-,38+/m1/s1. The average Bonchev–Trinajstić information content (AvgIpc) is 3.13. The third-order valence-electron chi connectivity index (χ3n) is 7.69. The maximum atomic E-state index is 12.6. The van der Waals surface area contributed by atoms with Crippen LogP contribution in [0.1, 0.15) is 136 Å². The van der Waals surface area contributed by atoms with Crippen molar-refractivity contribution in [2.24, 2.45) is 5.73 Å². The van der Waals surface area contributed by atoms with Gasteiger partial charge in [0.15, 0.2) is 6.10 Å². The number of phosphoric acid groups is 1. The van der Waals surface area contributed by atoms with Crippen LogP contribution in [0.3, 0.4) is 0 Å². The number of nitrogens with two attached hydrogens (primary N) is 1. The first-order valence-corrected chi connectivity index (χ1v) is 21.0. The molecule has 4 N–H and O–H groups in total. The second-order valence-electron chi connectivity index (χ2n) is 12.7. The molecule has 0 aliphatic heterocycles. The van der Waals surface area contributed by atoms with Crippen LogP contribution in [0.25, 0.3) is 0 Å². The number of phosphoric ester groups is 1. The van der Waals surface area contributed by atoms with Gasteiger partial charge < -0.3 is 25.2 Å². The fourth-order valence-corrected chi connectivity index (χ4v) is 5.38. The number of hydrogen-bond donors (Lipinski definition) is 3. The van der Waals surface area contributed by atoms with E-state index in [1.807, 2.05) is 0 Å². The van der Waals surface area contributed by atoms with Gasteiger partial charge in [0.2, 0.25) is 0 Å². The van der Waals surface area contributed by atoms with Gasteiger partial charge in [-0.05, 0) is 77.0 Å². The molecule has 0 aromatic heterocycles. The second kappa shape index (κ2) is 35.9. The molecule has 3 atom stereocenters. The normalized spacial score (nSPS) is 14.6. The maximum Gasteiger partial charge on any atom is 0.472 e. The van der Waals surface area contributed by atoms with Crippen molar-refractivity contribution < 1.29 is 47.5 Å². The van der Waals surface area contributed by atoms with Crippen LogP contribution in [0.5, 0.6) is 0 Å². The van der Waals surface area contributed by atoms with Gasteiger partial charge in [-0.1, -0.05) is 119 Å². The number of rotatable bonds is 35. The zero-order valence-corrected chi connectivity index (χ0v) is 33.2. The molecule has 0 aromatic rings. The van der Waals surface area contributed by atoms with E-state index in [0.717, 1.165) is 83.5 Å². The first-order chi connectivity index (χ1) is 25.6. The summed E-state index contributed by atoms with van der Waals surface area (Å²) in [4.78, 5) is 45.8. The minimum Gasteiger partial charge on any atom is -0.480 e. The van der Waals surface area contributed by atoms with Crippen molar-refractivity contribution in [2.45, 2.75) is 148 Å². The molecule has 0 rings (SSSR count). The van der Waals surface area contributed by atoms with Gasteiger partial charge in [0, 0.05) is 12.8 Å². The van der Waals surface area contributed by atoms with Crippen LogP contribution in [-0.4, -0.2) is 59.9 Å². The SMILES string of the molecule is CC/C=C/C/C=C/C/C=C/C/C=C/CCCCC(=O)O[C@H](COC(=O)CCCCCCC/C=C/C/C=C/CCCC)COP(=O)(O)OC[C@H](N)C(=O)O. The van der Waals surface area contributed by atoms with Crippen LogP contribution in [0.2, 0.25) is 0 Å². The maximum absolute atomic E-state index is 12.6. The quantitative estimate of drug-likeness (QED) is 0.0243. The Morgan fingerprint density at radius 2 is 1.06 bits per heavy atom. The molecule has 302 valence electrons. The lowest BCUT2D eigenvalue weighted by Gasteiger charge is -2.20. The monoisotopic (exact) mass is 765 g/mol. The van der Waals surface area contributed by atoms with E-state index in [4.69, 9.17) is 24.8 Å². The van der Waals surface area contributed by atoms with Crippen LogP contribution >= 0.6 is 7.82 Å². The molecule has 0 amide bonds. The largest absolute Gasteiger partial charge is 0.480 e. The lowest BCUT2D eigenvalue weighted by atomic mass is 10.1. The highest BCUT2D eigenvalue weighted by Crippen LogP contribution is 2.43. The zero-order valence-electron chi connectivity index (χ0n) is 32.3. The molecule has 0 fully saturated rings. The smallest absolute Gasteiger partial charge is 0.472 e. The van der Waals surface area contributed by atoms with E-state index in [1.165, 1.54) is 12.8 Å².